The van der Waals surface area contributed by atoms with Crippen LogP contribution in [-0.4, -0.2) is 22.2 Å². The third kappa shape index (κ3) is 4.67. The fourth-order valence-electron chi connectivity index (χ4n) is 2.57. The first-order valence-electron chi connectivity index (χ1n) is 6.97. The van der Waals surface area contributed by atoms with Crippen molar-refractivity contribution < 1.29 is 5.11 Å². The Bertz CT molecular complexity index is 184. The van der Waals surface area contributed by atoms with E-state index < -0.39 is 0 Å². The van der Waals surface area contributed by atoms with Gasteiger partial charge in [0.25, 0.3) is 0 Å². The maximum atomic E-state index is 10.2. The minimum absolute atomic E-state index is 0.0617. The van der Waals surface area contributed by atoms with Crippen LogP contribution in [0.5, 0.6) is 0 Å². The highest BCUT2D eigenvalue weighted by atomic mass is 32.2. The Labute approximate surface area is 105 Å². The molecule has 0 aromatic heterocycles. The molecule has 0 radical (unpaired) electrons. The van der Waals surface area contributed by atoms with Gasteiger partial charge in [-0.2, -0.15) is 11.8 Å². The van der Waals surface area contributed by atoms with Crippen LogP contribution in [-0.2, 0) is 0 Å². The van der Waals surface area contributed by atoms with Crippen LogP contribution in [0.2, 0.25) is 0 Å². The molecule has 1 aliphatic carbocycles. The molecule has 1 aliphatic rings. The van der Waals surface area contributed by atoms with Gasteiger partial charge in [0.1, 0.15) is 0 Å². The van der Waals surface area contributed by atoms with Gasteiger partial charge in [-0.3, -0.25) is 0 Å². The third-order valence-corrected chi connectivity index (χ3v) is 5.51. The number of aliphatic hydroxyl groups excluding tert-OH is 1. The second kappa shape index (κ2) is 7.60. The van der Waals surface area contributed by atoms with Crippen LogP contribution in [0.1, 0.15) is 59.3 Å². The van der Waals surface area contributed by atoms with E-state index in [2.05, 4.69) is 20.8 Å². The second-order valence-electron chi connectivity index (χ2n) is 5.32. The van der Waals surface area contributed by atoms with Crippen LogP contribution >= 0.6 is 11.8 Å². The highest BCUT2D eigenvalue weighted by Gasteiger charge is 2.26. The van der Waals surface area contributed by atoms with Gasteiger partial charge in [-0.25, -0.2) is 0 Å². The Balaban J connectivity index is 2.27. The predicted molar refractivity (Wildman–Crippen MR) is 74.0 cm³/mol. The summed E-state index contributed by atoms with van der Waals surface area (Å²) in [6, 6.07) is 0. The molecule has 96 valence electrons. The van der Waals surface area contributed by atoms with Crippen molar-refractivity contribution in [2.45, 2.75) is 70.7 Å². The highest BCUT2D eigenvalue weighted by Crippen LogP contribution is 2.34. The lowest BCUT2D eigenvalue weighted by molar-refractivity contribution is 0.0861. The summed E-state index contributed by atoms with van der Waals surface area (Å²) >= 11 is 1.94. The van der Waals surface area contributed by atoms with Gasteiger partial charge in [0, 0.05) is 11.0 Å². The first-order chi connectivity index (χ1) is 7.67. The molecule has 0 aromatic carbocycles. The Hall–Kier alpha value is 0.310. The average molecular weight is 244 g/mol. The van der Waals surface area contributed by atoms with Gasteiger partial charge in [-0.1, -0.05) is 40.0 Å². The maximum Gasteiger partial charge on any atom is 0.0658 e. The number of hydrogen-bond acceptors (Lipinski definition) is 2. The summed E-state index contributed by atoms with van der Waals surface area (Å²) in [7, 11) is 0. The quantitative estimate of drug-likeness (QED) is 0.759. The fraction of sp³-hybridized carbons (Fsp3) is 1.00. The van der Waals surface area contributed by atoms with Gasteiger partial charge in [0.2, 0.25) is 0 Å². The topological polar surface area (TPSA) is 20.2 Å². The molecule has 0 bridgehead atoms. The number of thioether (sulfide) groups is 1. The molecule has 2 heteroatoms. The molecule has 0 amide bonds. The lowest BCUT2D eigenvalue weighted by atomic mass is 9.78. The van der Waals surface area contributed by atoms with E-state index in [1.54, 1.807) is 0 Å². The van der Waals surface area contributed by atoms with Gasteiger partial charge in [0.05, 0.1) is 6.10 Å². The van der Waals surface area contributed by atoms with Crippen LogP contribution in [0.4, 0.5) is 0 Å². The molecule has 4 atom stereocenters. The molecule has 16 heavy (non-hydrogen) atoms. The van der Waals surface area contributed by atoms with Crippen LogP contribution < -0.4 is 0 Å². The Morgan fingerprint density at radius 1 is 1.31 bits per heavy atom. The van der Waals surface area contributed by atoms with Crippen LogP contribution in [0, 0.1) is 11.8 Å². The molecular formula is C14H28OS. The zero-order chi connectivity index (χ0) is 12.0. The van der Waals surface area contributed by atoms with Crippen molar-refractivity contribution in [2.24, 2.45) is 11.8 Å². The third-order valence-electron chi connectivity index (χ3n) is 4.07. The van der Waals surface area contributed by atoms with Crippen molar-refractivity contribution in [3.63, 3.8) is 0 Å². The number of aliphatic hydroxyl groups is 1. The fourth-order valence-corrected chi connectivity index (χ4v) is 3.60. The molecule has 1 nitrogen and oxygen atoms in total. The first kappa shape index (κ1) is 14.4. The molecule has 1 N–H and O–H groups in total. The van der Waals surface area contributed by atoms with Crippen LogP contribution in [0.15, 0.2) is 0 Å². The summed E-state index contributed by atoms with van der Waals surface area (Å²) in [6.45, 7) is 6.76. The van der Waals surface area contributed by atoms with E-state index in [1.165, 1.54) is 38.5 Å². The van der Waals surface area contributed by atoms with Gasteiger partial charge in [-0.15, -0.1) is 0 Å². The zero-order valence-corrected chi connectivity index (χ0v) is 11.9. The van der Waals surface area contributed by atoms with Crippen LogP contribution in [0.25, 0.3) is 0 Å². The summed E-state index contributed by atoms with van der Waals surface area (Å²) in [5, 5.41) is 10.9. The zero-order valence-electron chi connectivity index (χ0n) is 11.1. The Kier molecular flexibility index (Phi) is 6.83. The predicted octanol–water partition coefficient (Wildman–Crippen LogP) is 4.10. The maximum absolute atomic E-state index is 10.2. The first-order valence-corrected chi connectivity index (χ1v) is 8.01. The summed E-state index contributed by atoms with van der Waals surface area (Å²) in [5.41, 5.74) is 0. The van der Waals surface area contributed by atoms with E-state index >= 15 is 0 Å². The summed E-state index contributed by atoms with van der Waals surface area (Å²) in [5.74, 6) is 2.40. The number of rotatable bonds is 6. The van der Waals surface area contributed by atoms with E-state index in [0.29, 0.717) is 11.2 Å². The lowest BCUT2D eigenvalue weighted by Gasteiger charge is -2.32. The molecule has 0 aromatic rings. The van der Waals surface area contributed by atoms with E-state index in [4.69, 9.17) is 0 Å². The molecular weight excluding hydrogens is 216 g/mol. The van der Waals surface area contributed by atoms with Crippen molar-refractivity contribution in [3.8, 4) is 0 Å². The smallest absolute Gasteiger partial charge is 0.0658 e. The van der Waals surface area contributed by atoms with E-state index in [-0.39, 0.29) is 6.10 Å². The van der Waals surface area contributed by atoms with Gasteiger partial charge < -0.3 is 5.11 Å². The molecule has 0 heterocycles. The summed E-state index contributed by atoms with van der Waals surface area (Å²) in [4.78, 5) is 0. The molecule has 1 rings (SSSR count). The summed E-state index contributed by atoms with van der Waals surface area (Å²) < 4.78 is 0. The van der Waals surface area contributed by atoms with Gasteiger partial charge in [0.15, 0.2) is 0 Å². The molecule has 1 fully saturated rings. The molecule has 0 spiro atoms. The standard InChI is InChI=1S/C14H28OS/c1-4-11(3)16-10-14(15)13-8-6-7-12(5-2)9-13/h11-15H,4-10H2,1-3H3. The molecule has 1 saturated carbocycles. The SMILES string of the molecule is CCC1CCCC(C(O)CSC(C)CC)C1. The van der Waals surface area contributed by atoms with E-state index in [9.17, 15) is 5.11 Å². The highest BCUT2D eigenvalue weighted by molar-refractivity contribution is 7.99. The summed E-state index contributed by atoms with van der Waals surface area (Å²) in [6.07, 6.45) is 7.67. The molecule has 4 unspecified atom stereocenters. The van der Waals surface area contributed by atoms with E-state index in [0.717, 1.165) is 11.7 Å². The van der Waals surface area contributed by atoms with Crippen molar-refractivity contribution in [3.05, 3.63) is 0 Å². The lowest BCUT2D eigenvalue weighted by Crippen LogP contribution is -2.28. The average Bonchev–Trinajstić information content (AvgIpc) is 2.35. The van der Waals surface area contributed by atoms with Gasteiger partial charge in [-0.05, 0) is 31.1 Å². The minimum Gasteiger partial charge on any atom is -0.392 e. The molecule has 0 aliphatic heterocycles. The van der Waals surface area contributed by atoms with Crippen molar-refractivity contribution >= 4 is 11.8 Å². The Morgan fingerprint density at radius 3 is 2.69 bits per heavy atom. The van der Waals surface area contributed by atoms with Crippen molar-refractivity contribution in [1.29, 1.82) is 0 Å². The van der Waals surface area contributed by atoms with Crippen LogP contribution in [0.3, 0.4) is 0 Å². The normalized spacial score (nSPS) is 30.0. The van der Waals surface area contributed by atoms with E-state index in [1.807, 2.05) is 11.8 Å². The van der Waals surface area contributed by atoms with Crippen molar-refractivity contribution in [1.82, 2.24) is 0 Å². The number of hydrogen-bond donors (Lipinski definition) is 1. The van der Waals surface area contributed by atoms with Crippen molar-refractivity contribution in [2.75, 3.05) is 5.75 Å². The Morgan fingerprint density at radius 2 is 2.06 bits per heavy atom. The molecule has 0 saturated heterocycles. The monoisotopic (exact) mass is 244 g/mol. The largest absolute Gasteiger partial charge is 0.392 e. The second-order valence-corrected chi connectivity index (χ2v) is 6.79. The van der Waals surface area contributed by atoms with Gasteiger partial charge >= 0.3 is 0 Å². The minimum atomic E-state index is -0.0617.